The number of fused-ring (bicyclic) bond motifs is 1. The number of sulfonamides is 2. The summed E-state index contributed by atoms with van der Waals surface area (Å²) in [6.07, 6.45) is 3.84. The summed E-state index contributed by atoms with van der Waals surface area (Å²) in [6, 6.07) is 1.17. The van der Waals surface area contributed by atoms with Crippen molar-refractivity contribution in [3.63, 3.8) is 0 Å². The maximum absolute atomic E-state index is 12.8. The van der Waals surface area contributed by atoms with Gasteiger partial charge in [-0.3, -0.25) is 0 Å². The Morgan fingerprint density at radius 1 is 1.35 bits per heavy atom. The molecule has 176 valence electrons. The van der Waals surface area contributed by atoms with Gasteiger partial charge >= 0.3 is 11.9 Å². The molecular formula is C16H25N3O8S4. The van der Waals surface area contributed by atoms with Crippen molar-refractivity contribution >= 4 is 55.1 Å². The number of aliphatic carboxylic acids is 2. The molecule has 0 fully saturated rings. The van der Waals surface area contributed by atoms with Crippen molar-refractivity contribution in [2.75, 3.05) is 31.6 Å². The third-order valence-electron chi connectivity index (χ3n) is 3.89. The molecule has 5 N–H and O–H groups in total. The number of thioether (sulfide) groups is 1. The largest absolute Gasteiger partial charge is 0.478 e. The van der Waals surface area contributed by atoms with Crippen molar-refractivity contribution in [2.45, 2.75) is 27.8 Å². The van der Waals surface area contributed by atoms with Crippen LogP contribution < -0.4 is 10.5 Å². The van der Waals surface area contributed by atoms with Crippen LogP contribution in [-0.2, 0) is 29.6 Å². The minimum atomic E-state index is -3.92. The smallest absolute Gasteiger partial charge is 0.328 e. The fourth-order valence-electron chi connectivity index (χ4n) is 2.63. The zero-order valence-corrected chi connectivity index (χ0v) is 20.1. The molecule has 1 aliphatic rings. The first-order chi connectivity index (χ1) is 14.3. The lowest BCUT2D eigenvalue weighted by molar-refractivity contribution is -0.134. The summed E-state index contributed by atoms with van der Waals surface area (Å²) in [4.78, 5) is 19.1. The molecule has 2 rings (SSSR count). The Labute approximate surface area is 189 Å². The molecule has 0 aromatic carbocycles. The molecule has 0 spiro atoms. The lowest BCUT2D eigenvalue weighted by Gasteiger charge is -2.32. The Hall–Kier alpha value is -1.49. The van der Waals surface area contributed by atoms with Crippen molar-refractivity contribution in [3.8, 4) is 0 Å². The van der Waals surface area contributed by atoms with E-state index in [1.807, 2.05) is 13.2 Å². The molecular weight excluding hydrogens is 490 g/mol. The van der Waals surface area contributed by atoms with Gasteiger partial charge in [0.2, 0.25) is 10.0 Å². The summed E-state index contributed by atoms with van der Waals surface area (Å²) in [5, 5.41) is 24.0. The van der Waals surface area contributed by atoms with Crippen molar-refractivity contribution in [3.05, 3.63) is 23.8 Å². The highest BCUT2D eigenvalue weighted by atomic mass is 32.3. The summed E-state index contributed by atoms with van der Waals surface area (Å²) in [6.45, 7) is 3.31. The molecule has 0 amide bonds. The molecule has 0 saturated heterocycles. The van der Waals surface area contributed by atoms with Crippen molar-refractivity contribution in [1.29, 1.82) is 0 Å². The molecule has 15 heteroatoms. The van der Waals surface area contributed by atoms with Crippen LogP contribution in [0.1, 0.15) is 24.9 Å². The predicted molar refractivity (Wildman–Crippen MR) is 118 cm³/mol. The minimum Gasteiger partial charge on any atom is -0.478 e. The summed E-state index contributed by atoms with van der Waals surface area (Å²) < 4.78 is 50.1. The number of hydrogen-bond acceptors (Lipinski definition) is 9. The van der Waals surface area contributed by atoms with Crippen LogP contribution in [-0.4, -0.2) is 74.9 Å². The quantitative estimate of drug-likeness (QED) is 0.267. The van der Waals surface area contributed by atoms with E-state index in [9.17, 15) is 26.4 Å². The number of carboxylic acids is 2. The van der Waals surface area contributed by atoms with Crippen LogP contribution in [0.4, 0.5) is 0 Å². The predicted octanol–water partition coefficient (Wildman–Crippen LogP) is 0.515. The topological polar surface area (TPSA) is 184 Å². The van der Waals surface area contributed by atoms with Crippen molar-refractivity contribution in [1.82, 2.24) is 9.62 Å². The lowest BCUT2D eigenvalue weighted by Crippen LogP contribution is -2.43. The van der Waals surface area contributed by atoms with E-state index >= 15 is 0 Å². The van der Waals surface area contributed by atoms with Gasteiger partial charge in [0.1, 0.15) is 8.42 Å². The van der Waals surface area contributed by atoms with E-state index in [-0.39, 0.29) is 14.5 Å². The van der Waals surface area contributed by atoms with Gasteiger partial charge in [-0.2, -0.15) is 16.1 Å². The number of hydrogen-bond donors (Lipinski definition) is 4. The normalized spacial score (nSPS) is 18.2. The Kier molecular flexibility index (Phi) is 10.6. The summed E-state index contributed by atoms with van der Waals surface area (Å²) in [7, 11) is -7.59. The van der Waals surface area contributed by atoms with E-state index in [4.69, 9.17) is 15.4 Å². The number of likely N-dealkylation sites (N-methyl/N-ethyl adjacent to an activating group) is 1. The number of rotatable bonds is 9. The molecule has 1 aromatic rings. The van der Waals surface area contributed by atoms with Crippen molar-refractivity contribution in [2.24, 2.45) is 5.14 Å². The minimum absolute atomic E-state index is 0.0860. The third kappa shape index (κ3) is 8.17. The second kappa shape index (κ2) is 11.9. The van der Waals surface area contributed by atoms with Gasteiger partial charge < -0.3 is 15.5 Å². The third-order valence-corrected chi connectivity index (χ3v) is 9.55. The van der Waals surface area contributed by atoms with Crippen molar-refractivity contribution < 1.29 is 36.6 Å². The van der Waals surface area contributed by atoms with Gasteiger partial charge in [-0.1, -0.05) is 6.92 Å². The number of carboxylic acid groups (broad SMARTS) is 2. The second-order valence-electron chi connectivity index (χ2n) is 6.18. The fraction of sp³-hybridized carbons (Fsp3) is 0.500. The Morgan fingerprint density at radius 3 is 2.39 bits per heavy atom. The van der Waals surface area contributed by atoms with Crippen LogP contribution in [0.2, 0.25) is 0 Å². The molecule has 0 radical (unpaired) electrons. The highest BCUT2D eigenvalue weighted by Gasteiger charge is 2.39. The zero-order chi connectivity index (χ0) is 23.8. The number of nitrogens with zero attached hydrogens (tertiary/aromatic N) is 1. The van der Waals surface area contributed by atoms with Crippen LogP contribution >= 0.6 is 23.1 Å². The van der Waals surface area contributed by atoms with Crippen LogP contribution in [0.5, 0.6) is 0 Å². The first-order valence-corrected chi connectivity index (χ1v) is 14.1. The Morgan fingerprint density at radius 2 is 1.94 bits per heavy atom. The van der Waals surface area contributed by atoms with Gasteiger partial charge in [0.05, 0.1) is 0 Å². The molecule has 1 atom stereocenters. The Bertz CT molecular complexity index is 1000. The Balaban J connectivity index is 0.000000512. The number of nitrogens with two attached hydrogens (primary N) is 1. The van der Waals surface area contributed by atoms with Crippen LogP contribution in [0.25, 0.3) is 0 Å². The van der Waals surface area contributed by atoms with Gasteiger partial charge in [0.15, 0.2) is 0 Å². The van der Waals surface area contributed by atoms with Gasteiger partial charge in [0, 0.05) is 36.8 Å². The average Bonchev–Trinajstić information content (AvgIpc) is 3.12. The molecule has 0 saturated carbocycles. The summed E-state index contributed by atoms with van der Waals surface area (Å²) in [5.74, 6) is -1.64. The molecule has 0 unspecified atom stereocenters. The second-order valence-corrected chi connectivity index (χ2v) is 12.1. The van der Waals surface area contributed by atoms with E-state index in [0.717, 1.165) is 23.5 Å². The first-order valence-electron chi connectivity index (χ1n) is 8.87. The van der Waals surface area contributed by atoms with Gasteiger partial charge in [-0.05, 0) is 31.0 Å². The standard InChI is InChI=1S/C12H21N3O4S4.C4H4O4/c1-3-14-10-8-15(5-4-6-20-2)23(18,19)12-9(10)7-11(21-12)22(13,16)17;5-3(6)1-2-4(7)8/h7,10,14H,3-6,8H2,1-2H3,(H2,13,16,17);1-2H,(H,5,6)(H,7,8)/t10-;/m0./s1. The van der Waals surface area contributed by atoms with Crippen LogP contribution in [0.15, 0.2) is 26.6 Å². The lowest BCUT2D eigenvalue weighted by atomic mass is 10.1. The number of primary sulfonamides is 1. The molecule has 31 heavy (non-hydrogen) atoms. The number of thiophene rings is 1. The van der Waals surface area contributed by atoms with Crippen LogP contribution in [0.3, 0.4) is 0 Å². The van der Waals surface area contributed by atoms with Crippen LogP contribution in [0, 0.1) is 0 Å². The highest BCUT2D eigenvalue weighted by Crippen LogP contribution is 2.39. The molecule has 1 aliphatic heterocycles. The zero-order valence-electron chi connectivity index (χ0n) is 16.8. The monoisotopic (exact) mass is 515 g/mol. The van der Waals surface area contributed by atoms with E-state index in [1.165, 1.54) is 10.4 Å². The first kappa shape index (κ1) is 27.5. The van der Waals surface area contributed by atoms with E-state index in [1.54, 1.807) is 11.8 Å². The summed E-state index contributed by atoms with van der Waals surface area (Å²) in [5.41, 5.74) is 0.502. The van der Waals surface area contributed by atoms with Gasteiger partial charge in [-0.25, -0.2) is 31.6 Å². The number of nitrogens with one attached hydrogen (secondary N) is 1. The maximum Gasteiger partial charge on any atom is 0.328 e. The summed E-state index contributed by atoms with van der Waals surface area (Å²) >= 11 is 2.40. The maximum atomic E-state index is 12.8. The van der Waals surface area contributed by atoms with Gasteiger partial charge in [0.25, 0.3) is 10.0 Å². The molecule has 2 heterocycles. The average molecular weight is 516 g/mol. The highest BCUT2D eigenvalue weighted by molar-refractivity contribution is 7.98. The molecule has 11 nitrogen and oxygen atoms in total. The van der Waals surface area contributed by atoms with E-state index in [0.29, 0.717) is 37.3 Å². The van der Waals surface area contributed by atoms with E-state index in [2.05, 4.69) is 5.32 Å². The molecule has 0 bridgehead atoms. The molecule has 0 aliphatic carbocycles. The van der Waals surface area contributed by atoms with E-state index < -0.39 is 32.0 Å². The van der Waals surface area contributed by atoms with Gasteiger partial charge in [-0.15, -0.1) is 11.3 Å². The molecule has 1 aromatic heterocycles. The SMILES string of the molecule is CCN[C@H]1CN(CCCSC)S(=O)(=O)c2sc(S(N)(=O)=O)cc21.O=C(O)C=CC(=O)O. The number of carbonyl (C=O) groups is 2. The fourth-order valence-corrected chi connectivity index (χ4v) is 7.35.